The summed E-state index contributed by atoms with van der Waals surface area (Å²) in [7, 11) is 0. The van der Waals surface area contributed by atoms with Crippen LogP contribution in [0.1, 0.15) is 30.4 Å². The van der Waals surface area contributed by atoms with E-state index in [1.165, 1.54) is 16.0 Å². The first kappa shape index (κ1) is 16.8. The molecule has 0 N–H and O–H groups in total. The molecule has 1 aromatic rings. The van der Waals surface area contributed by atoms with Gasteiger partial charge in [0.2, 0.25) is 5.91 Å². The molecule has 2 fully saturated rings. The highest BCUT2D eigenvalue weighted by Crippen LogP contribution is 2.31. The topological polar surface area (TPSA) is 38.8 Å². The Bertz CT molecular complexity index is 559. The molecule has 23 heavy (non-hydrogen) atoms. The van der Waals surface area contributed by atoms with E-state index in [-0.39, 0.29) is 5.91 Å². The van der Waals surface area contributed by atoms with Gasteiger partial charge < -0.3 is 14.4 Å². The van der Waals surface area contributed by atoms with Crippen LogP contribution in [0.5, 0.6) is 0 Å². The number of hydrogen-bond acceptors (Lipinski definition) is 4. The fraction of sp³-hybridized carbons (Fsp3) is 0.611. The first-order chi connectivity index (χ1) is 11.1. The number of thioether (sulfide) groups is 1. The number of amides is 1. The monoisotopic (exact) mass is 335 g/mol. The molecule has 0 radical (unpaired) electrons. The lowest BCUT2D eigenvalue weighted by molar-refractivity contribution is -0.187. The Labute approximate surface area is 142 Å². The highest BCUT2D eigenvalue weighted by Gasteiger charge is 2.40. The molecular formula is C18H25NO3S. The van der Waals surface area contributed by atoms with Gasteiger partial charge in [-0.25, -0.2) is 0 Å². The first-order valence-corrected chi connectivity index (χ1v) is 9.32. The highest BCUT2D eigenvalue weighted by atomic mass is 32.2. The van der Waals surface area contributed by atoms with Gasteiger partial charge in [-0.15, -0.1) is 11.8 Å². The molecule has 0 unspecified atom stereocenters. The maximum Gasteiger partial charge on any atom is 0.223 e. The zero-order valence-corrected chi connectivity index (χ0v) is 14.8. The van der Waals surface area contributed by atoms with Crippen molar-refractivity contribution in [1.29, 1.82) is 0 Å². The summed E-state index contributed by atoms with van der Waals surface area (Å²) in [5.74, 6) is 0.676. The molecule has 1 spiro atoms. The number of rotatable bonds is 4. The molecule has 0 aliphatic carbocycles. The zero-order chi connectivity index (χ0) is 16.3. The number of ether oxygens (including phenoxy) is 2. The lowest BCUT2D eigenvalue weighted by atomic mass is 10.0. The molecule has 4 nitrogen and oxygen atoms in total. The molecule has 2 aliphatic rings. The number of piperidine rings is 1. The Hall–Kier alpha value is -1.04. The van der Waals surface area contributed by atoms with E-state index in [1.807, 2.05) is 4.90 Å². The van der Waals surface area contributed by atoms with E-state index in [1.54, 1.807) is 11.8 Å². The third kappa shape index (κ3) is 4.08. The van der Waals surface area contributed by atoms with Gasteiger partial charge in [0, 0.05) is 43.0 Å². The van der Waals surface area contributed by atoms with E-state index in [2.05, 4.69) is 32.0 Å². The zero-order valence-electron chi connectivity index (χ0n) is 14.0. The minimum atomic E-state index is -0.398. The van der Waals surface area contributed by atoms with Crippen molar-refractivity contribution in [2.24, 2.45) is 0 Å². The van der Waals surface area contributed by atoms with E-state index in [9.17, 15) is 4.79 Å². The van der Waals surface area contributed by atoms with E-state index in [0.717, 1.165) is 31.7 Å². The molecule has 0 bridgehead atoms. The molecule has 1 amide bonds. The van der Waals surface area contributed by atoms with Gasteiger partial charge in [-0.3, -0.25) is 4.79 Å². The van der Waals surface area contributed by atoms with Crippen LogP contribution in [-0.4, -0.2) is 48.7 Å². The molecule has 1 aromatic carbocycles. The van der Waals surface area contributed by atoms with E-state index >= 15 is 0 Å². The van der Waals surface area contributed by atoms with Crippen LogP contribution in [0.2, 0.25) is 0 Å². The van der Waals surface area contributed by atoms with Gasteiger partial charge >= 0.3 is 0 Å². The summed E-state index contributed by atoms with van der Waals surface area (Å²) < 4.78 is 11.4. The van der Waals surface area contributed by atoms with Crippen molar-refractivity contribution in [2.75, 3.05) is 32.1 Å². The maximum atomic E-state index is 12.3. The normalized spacial score (nSPS) is 20.2. The fourth-order valence-electron chi connectivity index (χ4n) is 3.10. The molecule has 2 aliphatic heterocycles. The van der Waals surface area contributed by atoms with Crippen molar-refractivity contribution < 1.29 is 14.3 Å². The third-order valence-electron chi connectivity index (χ3n) is 4.75. The Morgan fingerprint density at radius 1 is 1.17 bits per heavy atom. The Morgan fingerprint density at radius 2 is 1.87 bits per heavy atom. The molecule has 0 atom stereocenters. The summed E-state index contributed by atoms with van der Waals surface area (Å²) >= 11 is 1.76. The second kappa shape index (κ2) is 7.24. The maximum absolute atomic E-state index is 12.3. The second-order valence-corrected chi connectivity index (χ2v) is 7.50. The van der Waals surface area contributed by atoms with Crippen LogP contribution in [-0.2, 0) is 14.3 Å². The van der Waals surface area contributed by atoms with Gasteiger partial charge in [0.05, 0.1) is 13.2 Å². The largest absolute Gasteiger partial charge is 0.347 e. The molecule has 126 valence electrons. The van der Waals surface area contributed by atoms with E-state index < -0.39 is 5.79 Å². The number of benzene rings is 1. The van der Waals surface area contributed by atoms with Gasteiger partial charge in [0.25, 0.3) is 0 Å². The van der Waals surface area contributed by atoms with Crippen LogP contribution in [0.4, 0.5) is 0 Å². The quantitative estimate of drug-likeness (QED) is 0.793. The average molecular weight is 335 g/mol. The number of nitrogens with zero attached hydrogens (tertiary/aromatic N) is 1. The molecule has 0 aromatic heterocycles. The minimum absolute atomic E-state index is 0.245. The Kier molecular flexibility index (Phi) is 5.29. The van der Waals surface area contributed by atoms with Crippen LogP contribution < -0.4 is 0 Å². The van der Waals surface area contributed by atoms with Crippen molar-refractivity contribution >= 4 is 17.7 Å². The van der Waals surface area contributed by atoms with Gasteiger partial charge in [-0.05, 0) is 37.1 Å². The number of hydrogen-bond donors (Lipinski definition) is 0. The average Bonchev–Trinajstić information content (AvgIpc) is 2.99. The van der Waals surface area contributed by atoms with Gasteiger partial charge in [-0.1, -0.05) is 6.07 Å². The third-order valence-corrected chi connectivity index (χ3v) is 5.75. The summed E-state index contributed by atoms with van der Waals surface area (Å²) in [5, 5.41) is 0. The number of carbonyl (C=O) groups is 1. The van der Waals surface area contributed by atoms with Crippen molar-refractivity contribution in [3.05, 3.63) is 29.3 Å². The standard InChI is InChI=1S/C18H25NO3S/c1-14-3-4-16(13-15(14)2)23-12-5-17(20)19-8-6-18(7-9-19)21-10-11-22-18/h3-4,13H,5-12H2,1-2H3. The molecule has 2 saturated heterocycles. The Morgan fingerprint density at radius 3 is 2.52 bits per heavy atom. The smallest absolute Gasteiger partial charge is 0.223 e. The van der Waals surface area contributed by atoms with Crippen LogP contribution in [0.15, 0.2) is 23.1 Å². The van der Waals surface area contributed by atoms with Gasteiger partial charge in [-0.2, -0.15) is 0 Å². The SMILES string of the molecule is Cc1ccc(SCCC(=O)N2CCC3(CC2)OCCO3)cc1C. The summed E-state index contributed by atoms with van der Waals surface area (Å²) in [6.07, 6.45) is 2.18. The summed E-state index contributed by atoms with van der Waals surface area (Å²) in [5.41, 5.74) is 2.61. The molecule has 5 heteroatoms. The first-order valence-electron chi connectivity index (χ1n) is 8.34. The lowest BCUT2D eigenvalue weighted by Gasteiger charge is -2.37. The van der Waals surface area contributed by atoms with Crippen LogP contribution >= 0.6 is 11.8 Å². The number of aryl methyl sites for hydroxylation is 2. The van der Waals surface area contributed by atoms with Crippen molar-refractivity contribution in [3.63, 3.8) is 0 Å². The van der Waals surface area contributed by atoms with Crippen molar-refractivity contribution in [2.45, 2.75) is 43.8 Å². The number of carbonyl (C=O) groups excluding carboxylic acids is 1. The molecule has 0 saturated carbocycles. The Balaban J connectivity index is 1.42. The highest BCUT2D eigenvalue weighted by molar-refractivity contribution is 7.99. The van der Waals surface area contributed by atoms with E-state index in [4.69, 9.17) is 9.47 Å². The fourth-order valence-corrected chi connectivity index (χ4v) is 4.04. The van der Waals surface area contributed by atoms with E-state index in [0.29, 0.717) is 19.6 Å². The van der Waals surface area contributed by atoms with Gasteiger partial charge in [0.15, 0.2) is 5.79 Å². The predicted octanol–water partition coefficient (Wildman–Crippen LogP) is 3.15. The van der Waals surface area contributed by atoms with Crippen molar-refractivity contribution in [3.8, 4) is 0 Å². The summed E-state index contributed by atoms with van der Waals surface area (Å²) in [6.45, 7) is 7.09. The molecular weight excluding hydrogens is 310 g/mol. The van der Waals surface area contributed by atoms with Crippen molar-refractivity contribution in [1.82, 2.24) is 4.90 Å². The summed E-state index contributed by atoms with van der Waals surface area (Å²) in [4.78, 5) is 15.5. The number of likely N-dealkylation sites (tertiary alicyclic amines) is 1. The van der Waals surface area contributed by atoms with Crippen LogP contribution in [0.3, 0.4) is 0 Å². The lowest BCUT2D eigenvalue weighted by Crippen LogP contribution is -2.47. The minimum Gasteiger partial charge on any atom is -0.347 e. The van der Waals surface area contributed by atoms with Crippen LogP contribution in [0, 0.1) is 13.8 Å². The molecule has 2 heterocycles. The predicted molar refractivity (Wildman–Crippen MR) is 91.7 cm³/mol. The van der Waals surface area contributed by atoms with Gasteiger partial charge in [0.1, 0.15) is 0 Å². The molecule has 3 rings (SSSR count). The summed E-state index contributed by atoms with van der Waals surface area (Å²) in [6, 6.07) is 6.48. The van der Waals surface area contributed by atoms with Crippen LogP contribution in [0.25, 0.3) is 0 Å². The second-order valence-electron chi connectivity index (χ2n) is 6.33.